The number of carbonyl (C=O) groups is 1. The Morgan fingerprint density at radius 3 is 2.65 bits per heavy atom. The number of aromatic hydroxyl groups is 1. The number of rotatable bonds is 4. The van der Waals surface area contributed by atoms with Crippen molar-refractivity contribution in [3.8, 4) is 5.75 Å². The Morgan fingerprint density at radius 1 is 1.15 bits per heavy atom. The van der Waals surface area contributed by atoms with Crippen molar-refractivity contribution in [1.82, 2.24) is 5.32 Å². The summed E-state index contributed by atoms with van der Waals surface area (Å²) < 4.78 is 26.4. The second kappa shape index (κ2) is 6.14. The van der Waals surface area contributed by atoms with Crippen LogP contribution in [0, 0.1) is 11.6 Å². The van der Waals surface area contributed by atoms with E-state index in [0.717, 1.165) is 11.6 Å². The van der Waals surface area contributed by atoms with Gasteiger partial charge in [-0.1, -0.05) is 12.1 Å². The molecule has 1 amide bonds. The highest BCUT2D eigenvalue weighted by Crippen LogP contribution is 2.14. The average Bonchev–Trinajstić information content (AvgIpc) is 2.38. The van der Waals surface area contributed by atoms with Crippen molar-refractivity contribution in [2.75, 3.05) is 6.54 Å². The molecule has 0 bridgehead atoms. The van der Waals surface area contributed by atoms with Crippen molar-refractivity contribution in [1.29, 1.82) is 0 Å². The molecule has 0 aromatic heterocycles. The average molecular weight is 277 g/mol. The fourth-order valence-electron chi connectivity index (χ4n) is 1.80. The van der Waals surface area contributed by atoms with Crippen molar-refractivity contribution in [3.05, 3.63) is 65.2 Å². The monoisotopic (exact) mass is 277 g/mol. The third-order valence-electron chi connectivity index (χ3n) is 2.79. The molecule has 0 atom stereocenters. The molecule has 0 radical (unpaired) electrons. The van der Waals surface area contributed by atoms with Crippen LogP contribution < -0.4 is 5.32 Å². The zero-order valence-electron chi connectivity index (χ0n) is 10.6. The Hall–Kier alpha value is -2.43. The van der Waals surface area contributed by atoms with Crippen molar-refractivity contribution in [2.45, 2.75) is 6.42 Å². The summed E-state index contributed by atoms with van der Waals surface area (Å²) in [6.07, 6.45) is 0.448. The first-order chi connectivity index (χ1) is 9.56. The van der Waals surface area contributed by atoms with Gasteiger partial charge < -0.3 is 10.4 Å². The number of hydrogen-bond acceptors (Lipinski definition) is 2. The number of phenolic OH excluding ortho intramolecular Hbond substituents is 1. The lowest BCUT2D eigenvalue weighted by atomic mass is 10.1. The van der Waals surface area contributed by atoms with Gasteiger partial charge in [0.25, 0.3) is 5.91 Å². The highest BCUT2D eigenvalue weighted by molar-refractivity contribution is 5.94. The van der Waals surface area contributed by atoms with Gasteiger partial charge in [0.05, 0.1) is 5.56 Å². The highest BCUT2D eigenvalue weighted by Gasteiger charge is 2.11. The smallest absolute Gasteiger partial charge is 0.254 e. The summed E-state index contributed by atoms with van der Waals surface area (Å²) in [5.41, 5.74) is 0.610. The fourth-order valence-corrected chi connectivity index (χ4v) is 1.80. The fraction of sp³-hybridized carbons (Fsp3) is 0.133. The minimum absolute atomic E-state index is 0.137. The molecule has 0 aliphatic heterocycles. The van der Waals surface area contributed by atoms with Crippen molar-refractivity contribution < 1.29 is 18.7 Å². The molecular formula is C15H13F2NO2. The lowest BCUT2D eigenvalue weighted by Gasteiger charge is -2.06. The summed E-state index contributed by atoms with van der Waals surface area (Å²) in [6.45, 7) is 0.266. The lowest BCUT2D eigenvalue weighted by molar-refractivity contribution is 0.0950. The molecule has 3 nitrogen and oxygen atoms in total. The maximum atomic E-state index is 13.4. The van der Waals surface area contributed by atoms with Gasteiger partial charge in [0, 0.05) is 12.6 Å². The standard InChI is InChI=1S/C15H13F2NO2/c16-11-3-1-2-10(8-11)6-7-18-15(20)13-5-4-12(19)9-14(13)17/h1-5,8-9,19H,6-7H2,(H,18,20). The van der Waals surface area contributed by atoms with Crippen LogP contribution in [-0.4, -0.2) is 17.6 Å². The van der Waals surface area contributed by atoms with Crippen molar-refractivity contribution in [3.63, 3.8) is 0 Å². The molecule has 0 saturated carbocycles. The van der Waals surface area contributed by atoms with E-state index < -0.39 is 11.7 Å². The number of halogens is 2. The van der Waals surface area contributed by atoms with Crippen molar-refractivity contribution >= 4 is 5.91 Å². The van der Waals surface area contributed by atoms with Gasteiger partial charge in [-0.25, -0.2) is 8.78 Å². The van der Waals surface area contributed by atoms with Crippen LogP contribution in [0.5, 0.6) is 5.75 Å². The van der Waals surface area contributed by atoms with Gasteiger partial charge in [-0.2, -0.15) is 0 Å². The van der Waals surface area contributed by atoms with Crippen LogP contribution in [0.2, 0.25) is 0 Å². The minimum atomic E-state index is -0.784. The van der Waals surface area contributed by atoms with Crippen LogP contribution in [0.4, 0.5) is 8.78 Å². The van der Waals surface area contributed by atoms with Crippen LogP contribution in [0.15, 0.2) is 42.5 Å². The van der Waals surface area contributed by atoms with Gasteiger partial charge in [0.15, 0.2) is 0 Å². The summed E-state index contributed by atoms with van der Waals surface area (Å²) >= 11 is 0. The summed E-state index contributed by atoms with van der Waals surface area (Å²) in [4.78, 5) is 11.7. The van der Waals surface area contributed by atoms with Crippen LogP contribution in [0.1, 0.15) is 15.9 Å². The lowest BCUT2D eigenvalue weighted by Crippen LogP contribution is -2.26. The molecule has 5 heteroatoms. The summed E-state index contributed by atoms with van der Waals surface area (Å²) in [5.74, 6) is -1.93. The minimum Gasteiger partial charge on any atom is -0.508 e. The molecule has 0 fully saturated rings. The molecule has 2 N–H and O–H groups in total. The predicted octanol–water partition coefficient (Wildman–Crippen LogP) is 2.64. The second-order valence-electron chi connectivity index (χ2n) is 4.30. The largest absolute Gasteiger partial charge is 0.508 e. The van der Waals surface area contributed by atoms with Gasteiger partial charge in [-0.15, -0.1) is 0 Å². The number of carbonyl (C=O) groups excluding carboxylic acids is 1. The molecule has 0 aliphatic carbocycles. The Kier molecular flexibility index (Phi) is 4.30. The van der Waals surface area contributed by atoms with E-state index in [1.165, 1.54) is 24.3 Å². The van der Waals surface area contributed by atoms with E-state index in [9.17, 15) is 13.6 Å². The molecule has 2 rings (SSSR count). The Morgan fingerprint density at radius 2 is 1.95 bits per heavy atom. The molecule has 0 saturated heterocycles. The molecule has 104 valence electrons. The number of nitrogens with one attached hydrogen (secondary N) is 1. The normalized spacial score (nSPS) is 10.3. The maximum absolute atomic E-state index is 13.4. The van der Waals surface area contributed by atoms with Crippen LogP contribution in [0.25, 0.3) is 0 Å². The molecule has 2 aromatic rings. The quantitative estimate of drug-likeness (QED) is 0.902. The SMILES string of the molecule is O=C(NCCc1cccc(F)c1)c1ccc(O)cc1F. The van der Waals surface area contributed by atoms with Gasteiger partial charge in [0.2, 0.25) is 0 Å². The summed E-state index contributed by atoms with van der Waals surface area (Å²) in [7, 11) is 0. The number of amides is 1. The predicted molar refractivity (Wildman–Crippen MR) is 70.5 cm³/mol. The molecule has 0 spiro atoms. The topological polar surface area (TPSA) is 49.3 Å². The molecule has 0 aliphatic rings. The van der Waals surface area contributed by atoms with Gasteiger partial charge in [0.1, 0.15) is 17.4 Å². The first kappa shape index (κ1) is 14.0. The molecular weight excluding hydrogens is 264 g/mol. The second-order valence-corrected chi connectivity index (χ2v) is 4.30. The first-order valence-electron chi connectivity index (χ1n) is 6.07. The number of benzene rings is 2. The number of phenols is 1. The van der Waals surface area contributed by atoms with E-state index in [-0.39, 0.29) is 23.7 Å². The van der Waals surface area contributed by atoms with Crippen LogP contribution >= 0.6 is 0 Å². The molecule has 0 unspecified atom stereocenters. The zero-order valence-corrected chi connectivity index (χ0v) is 10.6. The van der Waals surface area contributed by atoms with Crippen LogP contribution in [0.3, 0.4) is 0 Å². The Bertz CT molecular complexity index is 629. The van der Waals surface area contributed by atoms with Crippen LogP contribution in [-0.2, 0) is 6.42 Å². The van der Waals surface area contributed by atoms with Crippen molar-refractivity contribution in [2.24, 2.45) is 0 Å². The van der Waals surface area contributed by atoms with E-state index in [1.807, 2.05) is 0 Å². The summed E-state index contributed by atoms with van der Waals surface area (Å²) in [5, 5.41) is 11.6. The third-order valence-corrected chi connectivity index (χ3v) is 2.79. The maximum Gasteiger partial charge on any atom is 0.254 e. The summed E-state index contributed by atoms with van der Waals surface area (Å²) in [6, 6.07) is 9.39. The van der Waals surface area contributed by atoms with E-state index >= 15 is 0 Å². The molecule has 2 aromatic carbocycles. The first-order valence-corrected chi connectivity index (χ1v) is 6.07. The Labute approximate surface area is 114 Å². The highest BCUT2D eigenvalue weighted by atomic mass is 19.1. The van der Waals surface area contributed by atoms with E-state index in [2.05, 4.69) is 5.32 Å². The van der Waals surface area contributed by atoms with Gasteiger partial charge >= 0.3 is 0 Å². The van der Waals surface area contributed by atoms with E-state index in [4.69, 9.17) is 5.11 Å². The van der Waals surface area contributed by atoms with Gasteiger partial charge in [-0.05, 0) is 36.2 Å². The number of hydrogen-bond donors (Lipinski definition) is 2. The molecule has 20 heavy (non-hydrogen) atoms. The van der Waals surface area contributed by atoms with E-state index in [1.54, 1.807) is 12.1 Å². The molecule has 0 heterocycles. The zero-order chi connectivity index (χ0) is 14.5. The van der Waals surface area contributed by atoms with Gasteiger partial charge in [-0.3, -0.25) is 4.79 Å². The van der Waals surface area contributed by atoms with E-state index in [0.29, 0.717) is 6.42 Å². The Balaban J connectivity index is 1.92. The third kappa shape index (κ3) is 3.54.